The van der Waals surface area contributed by atoms with E-state index in [1.807, 2.05) is 72.9 Å². The molecule has 0 spiro atoms. The van der Waals surface area contributed by atoms with Gasteiger partial charge in [-0.2, -0.15) is 0 Å². The Morgan fingerprint density at radius 1 is 0.889 bits per heavy atom. The van der Waals surface area contributed by atoms with Gasteiger partial charge < -0.3 is 4.90 Å². The van der Waals surface area contributed by atoms with Crippen molar-refractivity contribution in [3.05, 3.63) is 85.1 Å². The molecule has 27 heavy (non-hydrogen) atoms. The molecule has 0 saturated carbocycles. The molecule has 0 amide bonds. The third kappa shape index (κ3) is 5.67. The van der Waals surface area contributed by atoms with Crippen LogP contribution in [0.2, 0.25) is 0 Å². The molecule has 1 aromatic heterocycles. The molecule has 0 bridgehead atoms. The molecule has 0 aliphatic carbocycles. The van der Waals surface area contributed by atoms with E-state index < -0.39 is 0 Å². The normalized spacial score (nSPS) is 11.6. The Morgan fingerprint density at radius 2 is 1.56 bits per heavy atom. The second kappa shape index (κ2) is 9.90. The van der Waals surface area contributed by atoms with E-state index >= 15 is 0 Å². The lowest BCUT2D eigenvalue weighted by atomic mass is 10.3. The van der Waals surface area contributed by atoms with Gasteiger partial charge in [-0.05, 0) is 50.5 Å². The third-order valence-corrected chi connectivity index (χ3v) is 4.75. The molecular formula is C22H24N4S. The first kappa shape index (κ1) is 19.1. The summed E-state index contributed by atoms with van der Waals surface area (Å²) in [7, 11) is 4.17. The van der Waals surface area contributed by atoms with Crippen molar-refractivity contribution in [1.29, 1.82) is 0 Å². The van der Waals surface area contributed by atoms with Crippen molar-refractivity contribution in [1.82, 2.24) is 9.88 Å². The van der Waals surface area contributed by atoms with Crippen molar-refractivity contribution in [3.8, 4) is 0 Å². The summed E-state index contributed by atoms with van der Waals surface area (Å²) in [6, 6.07) is 26.3. The van der Waals surface area contributed by atoms with Crippen molar-refractivity contribution in [2.75, 3.05) is 31.3 Å². The second-order valence-corrected chi connectivity index (χ2v) is 7.30. The zero-order valence-corrected chi connectivity index (χ0v) is 16.5. The van der Waals surface area contributed by atoms with Crippen LogP contribution in [-0.4, -0.2) is 41.4 Å². The number of aliphatic imine (C=N–C) groups is 1. The SMILES string of the molecule is CN(C)CCSC(=Nc1ccccc1)N(c1ccccc1)c1ccccn1. The van der Waals surface area contributed by atoms with Gasteiger partial charge in [-0.15, -0.1) is 0 Å². The highest BCUT2D eigenvalue weighted by atomic mass is 32.2. The lowest BCUT2D eigenvalue weighted by Crippen LogP contribution is -2.26. The van der Waals surface area contributed by atoms with Gasteiger partial charge in [-0.3, -0.25) is 4.90 Å². The molecular weight excluding hydrogens is 352 g/mol. The fourth-order valence-electron chi connectivity index (χ4n) is 2.48. The third-order valence-electron chi connectivity index (χ3n) is 3.83. The van der Waals surface area contributed by atoms with Gasteiger partial charge in [-0.1, -0.05) is 54.2 Å². The molecule has 0 unspecified atom stereocenters. The predicted octanol–water partition coefficient (Wildman–Crippen LogP) is 5.20. The van der Waals surface area contributed by atoms with E-state index in [0.717, 1.165) is 34.7 Å². The largest absolute Gasteiger partial charge is 0.309 e. The molecule has 0 aliphatic heterocycles. The average molecular weight is 377 g/mol. The predicted molar refractivity (Wildman–Crippen MR) is 117 cm³/mol. The number of anilines is 2. The Kier molecular flexibility index (Phi) is 7.02. The highest BCUT2D eigenvalue weighted by Crippen LogP contribution is 2.29. The van der Waals surface area contributed by atoms with E-state index in [4.69, 9.17) is 4.99 Å². The minimum atomic E-state index is 0.857. The van der Waals surface area contributed by atoms with E-state index in [1.165, 1.54) is 0 Å². The topological polar surface area (TPSA) is 31.7 Å². The Labute approximate surface area is 165 Å². The molecule has 3 aromatic rings. The standard InChI is InChI=1S/C22H24N4S/c1-25(2)17-18-27-22(24-19-11-5-3-6-12-19)26(20-13-7-4-8-14-20)21-15-9-10-16-23-21/h3-16H,17-18H2,1-2H3. The van der Waals surface area contributed by atoms with Gasteiger partial charge in [0.15, 0.2) is 5.17 Å². The average Bonchev–Trinajstić information content (AvgIpc) is 2.70. The van der Waals surface area contributed by atoms with Crippen LogP contribution in [0.1, 0.15) is 0 Å². The van der Waals surface area contributed by atoms with Crippen LogP contribution in [0.25, 0.3) is 0 Å². The van der Waals surface area contributed by atoms with Crippen LogP contribution in [-0.2, 0) is 0 Å². The van der Waals surface area contributed by atoms with Crippen molar-refractivity contribution in [3.63, 3.8) is 0 Å². The molecule has 4 nitrogen and oxygen atoms in total. The molecule has 2 aromatic carbocycles. The van der Waals surface area contributed by atoms with Crippen LogP contribution in [0.4, 0.5) is 17.2 Å². The number of pyridine rings is 1. The molecule has 0 N–H and O–H groups in total. The highest BCUT2D eigenvalue weighted by molar-refractivity contribution is 8.14. The summed E-state index contributed by atoms with van der Waals surface area (Å²) >= 11 is 1.74. The van der Waals surface area contributed by atoms with Crippen molar-refractivity contribution in [2.24, 2.45) is 4.99 Å². The molecule has 0 saturated heterocycles. The van der Waals surface area contributed by atoms with E-state index in [0.29, 0.717) is 0 Å². The van der Waals surface area contributed by atoms with Crippen LogP contribution < -0.4 is 4.90 Å². The minimum absolute atomic E-state index is 0.857. The van der Waals surface area contributed by atoms with Gasteiger partial charge >= 0.3 is 0 Å². The molecule has 138 valence electrons. The molecule has 0 atom stereocenters. The van der Waals surface area contributed by atoms with Gasteiger partial charge in [0.25, 0.3) is 0 Å². The molecule has 0 radical (unpaired) electrons. The summed E-state index contributed by atoms with van der Waals surface area (Å²) < 4.78 is 0. The quantitative estimate of drug-likeness (QED) is 0.437. The number of rotatable bonds is 6. The van der Waals surface area contributed by atoms with Gasteiger partial charge in [0, 0.05) is 24.2 Å². The summed E-state index contributed by atoms with van der Waals surface area (Å²) in [6.07, 6.45) is 1.82. The number of nitrogens with zero attached hydrogens (tertiary/aromatic N) is 4. The van der Waals surface area contributed by atoms with E-state index in [-0.39, 0.29) is 0 Å². The van der Waals surface area contributed by atoms with Crippen molar-refractivity contribution < 1.29 is 0 Å². The highest BCUT2D eigenvalue weighted by Gasteiger charge is 2.18. The van der Waals surface area contributed by atoms with E-state index in [2.05, 4.69) is 41.0 Å². The monoisotopic (exact) mass is 376 g/mol. The number of thioether (sulfide) groups is 1. The zero-order chi connectivity index (χ0) is 18.9. The van der Waals surface area contributed by atoms with Crippen LogP contribution in [0.3, 0.4) is 0 Å². The lowest BCUT2D eigenvalue weighted by molar-refractivity contribution is 0.437. The Bertz CT molecular complexity index is 796. The molecule has 5 heteroatoms. The molecule has 3 rings (SSSR count). The lowest BCUT2D eigenvalue weighted by Gasteiger charge is -2.25. The van der Waals surface area contributed by atoms with Gasteiger partial charge in [0.05, 0.1) is 5.69 Å². The first-order chi connectivity index (χ1) is 13.2. The maximum atomic E-state index is 4.96. The number of aromatic nitrogens is 1. The summed E-state index contributed by atoms with van der Waals surface area (Å²) in [4.78, 5) is 13.8. The first-order valence-electron chi connectivity index (χ1n) is 8.91. The minimum Gasteiger partial charge on any atom is -0.309 e. The van der Waals surface area contributed by atoms with Crippen molar-refractivity contribution >= 4 is 34.1 Å². The molecule has 0 aliphatic rings. The van der Waals surface area contributed by atoms with Gasteiger partial charge in [0.2, 0.25) is 0 Å². The smallest absolute Gasteiger partial charge is 0.174 e. The molecule has 0 fully saturated rings. The van der Waals surface area contributed by atoms with Crippen LogP contribution in [0.5, 0.6) is 0 Å². The van der Waals surface area contributed by atoms with Crippen LogP contribution in [0.15, 0.2) is 90.1 Å². The first-order valence-corrected chi connectivity index (χ1v) is 9.90. The van der Waals surface area contributed by atoms with Gasteiger partial charge in [-0.25, -0.2) is 9.98 Å². The maximum absolute atomic E-state index is 4.96. The number of hydrogen-bond donors (Lipinski definition) is 0. The zero-order valence-electron chi connectivity index (χ0n) is 15.7. The fraction of sp³-hybridized carbons (Fsp3) is 0.182. The Balaban J connectivity index is 2.02. The molecule has 1 heterocycles. The van der Waals surface area contributed by atoms with E-state index in [9.17, 15) is 0 Å². The number of amidine groups is 1. The summed E-state index contributed by atoms with van der Waals surface area (Å²) in [5, 5.41) is 0.910. The summed E-state index contributed by atoms with van der Waals surface area (Å²) in [6.45, 7) is 0.976. The van der Waals surface area contributed by atoms with Crippen LogP contribution in [0, 0.1) is 0 Å². The van der Waals surface area contributed by atoms with E-state index in [1.54, 1.807) is 11.8 Å². The van der Waals surface area contributed by atoms with Gasteiger partial charge in [0.1, 0.15) is 5.82 Å². The second-order valence-electron chi connectivity index (χ2n) is 6.24. The number of benzene rings is 2. The number of hydrogen-bond acceptors (Lipinski definition) is 4. The maximum Gasteiger partial charge on any atom is 0.174 e. The number of para-hydroxylation sites is 2. The van der Waals surface area contributed by atoms with Crippen LogP contribution >= 0.6 is 11.8 Å². The fourth-order valence-corrected chi connectivity index (χ4v) is 3.62. The van der Waals surface area contributed by atoms with Crippen molar-refractivity contribution in [2.45, 2.75) is 0 Å². The Morgan fingerprint density at radius 3 is 2.19 bits per heavy atom. The summed E-state index contributed by atoms with van der Waals surface area (Å²) in [5.74, 6) is 1.80. The summed E-state index contributed by atoms with van der Waals surface area (Å²) in [5.41, 5.74) is 1.98. The Hall–Kier alpha value is -2.63.